The standard InChI is InChI=1S/C21H21N3O5/c1-23(2)9-10-24-18(13-5-7-22-8-6-13)17(20(26)21(24)27)19(25)14-3-4-15-16(11-14)29-12-28-15/h3-8,11,18,25H,9-10,12H2,1-2H3. The number of likely N-dealkylation sites (tertiary alicyclic amines) is 1. The van der Waals surface area contributed by atoms with Crippen molar-refractivity contribution in [3.8, 4) is 11.5 Å². The third-order valence-electron chi connectivity index (χ3n) is 5.00. The predicted molar refractivity (Wildman–Crippen MR) is 104 cm³/mol. The quantitative estimate of drug-likeness (QED) is 0.469. The molecule has 3 heterocycles. The van der Waals surface area contributed by atoms with Crippen LogP contribution in [0.3, 0.4) is 0 Å². The lowest BCUT2D eigenvalue weighted by molar-refractivity contribution is -0.140. The average Bonchev–Trinajstić information content (AvgIpc) is 3.29. The van der Waals surface area contributed by atoms with Crippen LogP contribution in [0.5, 0.6) is 11.5 Å². The summed E-state index contributed by atoms with van der Waals surface area (Å²) in [5, 5.41) is 11.0. The highest BCUT2D eigenvalue weighted by Crippen LogP contribution is 2.41. The molecule has 29 heavy (non-hydrogen) atoms. The van der Waals surface area contributed by atoms with Crippen molar-refractivity contribution in [2.24, 2.45) is 0 Å². The molecule has 1 unspecified atom stereocenters. The minimum absolute atomic E-state index is 0.0545. The molecule has 8 heteroatoms. The van der Waals surface area contributed by atoms with Gasteiger partial charge in [0.05, 0.1) is 11.6 Å². The molecule has 1 atom stereocenters. The van der Waals surface area contributed by atoms with Crippen LogP contribution in [-0.4, -0.2) is 65.6 Å². The van der Waals surface area contributed by atoms with Gasteiger partial charge in [0.2, 0.25) is 6.79 Å². The number of nitrogens with zero attached hydrogens (tertiary/aromatic N) is 3. The van der Waals surface area contributed by atoms with Gasteiger partial charge in [-0.25, -0.2) is 0 Å². The first-order valence-corrected chi connectivity index (χ1v) is 9.20. The Labute approximate surface area is 168 Å². The molecule has 4 rings (SSSR count). The summed E-state index contributed by atoms with van der Waals surface area (Å²) < 4.78 is 10.7. The minimum atomic E-state index is -0.708. The number of ether oxygens (including phenoxy) is 2. The number of fused-ring (bicyclic) bond motifs is 1. The first kappa shape index (κ1) is 18.9. The summed E-state index contributed by atoms with van der Waals surface area (Å²) in [6.45, 7) is 1.03. The molecule has 1 saturated heterocycles. The third kappa shape index (κ3) is 3.42. The Kier molecular flexibility index (Phi) is 4.94. The van der Waals surface area contributed by atoms with E-state index >= 15 is 0 Å². The van der Waals surface area contributed by atoms with Gasteiger partial charge in [0.25, 0.3) is 11.7 Å². The maximum atomic E-state index is 12.9. The number of hydrogen-bond donors (Lipinski definition) is 1. The van der Waals surface area contributed by atoms with E-state index in [1.807, 2.05) is 19.0 Å². The van der Waals surface area contributed by atoms with E-state index in [-0.39, 0.29) is 18.1 Å². The number of ketones is 1. The molecule has 0 bridgehead atoms. The van der Waals surface area contributed by atoms with Crippen LogP contribution in [0.15, 0.2) is 48.3 Å². The number of aliphatic hydroxyl groups is 1. The highest BCUT2D eigenvalue weighted by atomic mass is 16.7. The summed E-state index contributed by atoms with van der Waals surface area (Å²) >= 11 is 0. The predicted octanol–water partition coefficient (Wildman–Crippen LogP) is 1.79. The van der Waals surface area contributed by atoms with Gasteiger partial charge < -0.3 is 24.4 Å². The number of pyridine rings is 1. The van der Waals surface area contributed by atoms with Crippen molar-refractivity contribution >= 4 is 17.4 Å². The van der Waals surface area contributed by atoms with Gasteiger partial charge in [-0.15, -0.1) is 0 Å². The van der Waals surface area contributed by atoms with Gasteiger partial charge in [-0.1, -0.05) is 0 Å². The number of hydrogen-bond acceptors (Lipinski definition) is 7. The first-order valence-electron chi connectivity index (χ1n) is 9.20. The van der Waals surface area contributed by atoms with Crippen molar-refractivity contribution in [2.75, 3.05) is 34.0 Å². The maximum Gasteiger partial charge on any atom is 0.295 e. The van der Waals surface area contributed by atoms with Crippen molar-refractivity contribution < 1.29 is 24.2 Å². The molecule has 1 fully saturated rings. The average molecular weight is 395 g/mol. The fraction of sp³-hybridized carbons (Fsp3) is 0.286. The van der Waals surface area contributed by atoms with E-state index in [4.69, 9.17) is 9.47 Å². The molecular weight excluding hydrogens is 374 g/mol. The number of rotatable bonds is 5. The monoisotopic (exact) mass is 395 g/mol. The molecule has 2 aliphatic heterocycles. The lowest BCUT2D eigenvalue weighted by Gasteiger charge is -2.26. The number of aliphatic hydroxyl groups excluding tert-OH is 1. The van der Waals surface area contributed by atoms with Gasteiger partial charge in [-0.05, 0) is 50.0 Å². The lowest BCUT2D eigenvalue weighted by atomic mass is 9.96. The van der Waals surface area contributed by atoms with Crippen LogP contribution in [0.25, 0.3) is 5.76 Å². The molecule has 0 aliphatic carbocycles. The topological polar surface area (TPSA) is 92.2 Å². The zero-order chi connectivity index (χ0) is 20.5. The molecular formula is C21H21N3O5. The Morgan fingerprint density at radius 1 is 1.17 bits per heavy atom. The Balaban J connectivity index is 1.81. The zero-order valence-corrected chi connectivity index (χ0v) is 16.2. The summed E-state index contributed by atoms with van der Waals surface area (Å²) in [6.07, 6.45) is 3.20. The van der Waals surface area contributed by atoms with Crippen LogP contribution in [0.4, 0.5) is 0 Å². The van der Waals surface area contributed by atoms with Crippen molar-refractivity contribution in [3.05, 3.63) is 59.4 Å². The molecule has 1 amide bonds. The van der Waals surface area contributed by atoms with Crippen molar-refractivity contribution in [2.45, 2.75) is 6.04 Å². The number of likely N-dealkylation sites (N-methyl/N-ethyl adjacent to an activating group) is 1. The number of amides is 1. The van der Waals surface area contributed by atoms with Gasteiger partial charge in [0.15, 0.2) is 11.5 Å². The van der Waals surface area contributed by atoms with Gasteiger partial charge in [-0.3, -0.25) is 14.6 Å². The smallest absolute Gasteiger partial charge is 0.295 e. The van der Waals surface area contributed by atoms with E-state index in [9.17, 15) is 14.7 Å². The Hall–Kier alpha value is -3.39. The fourth-order valence-electron chi connectivity index (χ4n) is 3.51. The summed E-state index contributed by atoms with van der Waals surface area (Å²) in [4.78, 5) is 33.1. The van der Waals surface area contributed by atoms with Crippen molar-refractivity contribution in [1.29, 1.82) is 0 Å². The molecule has 150 valence electrons. The molecule has 1 aromatic heterocycles. The van der Waals surface area contributed by atoms with Crippen LogP contribution in [0, 0.1) is 0 Å². The van der Waals surface area contributed by atoms with Gasteiger partial charge in [0.1, 0.15) is 5.76 Å². The summed E-state index contributed by atoms with van der Waals surface area (Å²) in [5.41, 5.74) is 1.15. The Morgan fingerprint density at radius 3 is 2.62 bits per heavy atom. The minimum Gasteiger partial charge on any atom is -0.507 e. The largest absolute Gasteiger partial charge is 0.507 e. The van der Waals surface area contributed by atoms with E-state index in [1.54, 1.807) is 42.7 Å². The SMILES string of the molecule is CN(C)CCN1C(=O)C(=O)C(=C(O)c2ccc3c(c2)OCO3)C1c1ccncc1. The molecule has 2 aromatic rings. The van der Waals surface area contributed by atoms with Crippen LogP contribution in [-0.2, 0) is 9.59 Å². The summed E-state index contributed by atoms with van der Waals surface area (Å²) in [6, 6.07) is 7.70. The molecule has 1 N–H and O–H groups in total. The van der Waals surface area contributed by atoms with E-state index < -0.39 is 17.7 Å². The van der Waals surface area contributed by atoms with E-state index in [0.717, 1.165) is 0 Å². The summed E-state index contributed by atoms with van der Waals surface area (Å²) in [7, 11) is 3.79. The number of aromatic nitrogens is 1. The highest BCUT2D eigenvalue weighted by molar-refractivity contribution is 6.46. The zero-order valence-electron chi connectivity index (χ0n) is 16.2. The van der Waals surface area contributed by atoms with E-state index in [0.29, 0.717) is 35.7 Å². The molecule has 2 aliphatic rings. The number of Topliss-reactive ketones (excluding diaryl/α,β-unsaturated/α-hetero) is 1. The van der Waals surface area contributed by atoms with Gasteiger partial charge >= 0.3 is 0 Å². The Bertz CT molecular complexity index is 987. The summed E-state index contributed by atoms with van der Waals surface area (Å²) in [5.74, 6) is -0.525. The van der Waals surface area contributed by atoms with E-state index in [2.05, 4.69) is 4.98 Å². The molecule has 8 nitrogen and oxygen atoms in total. The number of carbonyl (C=O) groups excluding carboxylic acids is 2. The normalized spacial score (nSPS) is 20.0. The molecule has 0 spiro atoms. The van der Waals surface area contributed by atoms with Crippen molar-refractivity contribution in [1.82, 2.24) is 14.8 Å². The van der Waals surface area contributed by atoms with Crippen LogP contribution in [0.2, 0.25) is 0 Å². The number of carbonyl (C=O) groups is 2. The van der Waals surface area contributed by atoms with Gasteiger partial charge in [0, 0.05) is 31.0 Å². The molecule has 1 aromatic carbocycles. The third-order valence-corrected chi connectivity index (χ3v) is 5.00. The molecule has 0 saturated carbocycles. The van der Waals surface area contributed by atoms with Crippen molar-refractivity contribution in [3.63, 3.8) is 0 Å². The Morgan fingerprint density at radius 2 is 1.90 bits per heavy atom. The second kappa shape index (κ2) is 7.56. The second-order valence-electron chi connectivity index (χ2n) is 7.14. The second-order valence-corrected chi connectivity index (χ2v) is 7.14. The fourth-order valence-corrected chi connectivity index (χ4v) is 3.51. The van der Waals surface area contributed by atoms with Crippen LogP contribution >= 0.6 is 0 Å². The van der Waals surface area contributed by atoms with Gasteiger partial charge in [-0.2, -0.15) is 0 Å². The first-order chi connectivity index (χ1) is 14.0. The van der Waals surface area contributed by atoms with E-state index in [1.165, 1.54) is 4.90 Å². The molecule has 0 radical (unpaired) electrons. The highest BCUT2D eigenvalue weighted by Gasteiger charge is 2.45. The lowest BCUT2D eigenvalue weighted by Crippen LogP contribution is -2.35. The van der Waals surface area contributed by atoms with Crippen LogP contribution < -0.4 is 9.47 Å². The maximum absolute atomic E-state index is 12.9. The number of benzene rings is 1. The van der Waals surface area contributed by atoms with Crippen LogP contribution in [0.1, 0.15) is 17.2 Å².